The minimum atomic E-state index is -0.398. The zero-order chi connectivity index (χ0) is 16.4. The zero-order valence-electron chi connectivity index (χ0n) is 12.2. The van der Waals surface area contributed by atoms with Crippen molar-refractivity contribution in [3.63, 3.8) is 0 Å². The molecule has 116 valence electrons. The van der Waals surface area contributed by atoms with E-state index in [1.807, 2.05) is 12.1 Å². The second-order valence-electron chi connectivity index (χ2n) is 4.86. The molecule has 0 saturated heterocycles. The molecule has 23 heavy (non-hydrogen) atoms. The highest BCUT2D eigenvalue weighted by Gasteiger charge is 2.17. The molecule has 3 aromatic rings. The van der Waals surface area contributed by atoms with Crippen molar-refractivity contribution >= 4 is 23.3 Å². The Kier molecular flexibility index (Phi) is 3.99. The molecule has 0 radical (unpaired) electrons. The molecule has 0 fully saturated rings. The first kappa shape index (κ1) is 15.1. The molecule has 2 N–H and O–H groups in total. The predicted octanol–water partition coefficient (Wildman–Crippen LogP) is 3.19. The van der Waals surface area contributed by atoms with E-state index in [2.05, 4.69) is 15.4 Å². The lowest BCUT2D eigenvalue weighted by Gasteiger charge is -2.07. The van der Waals surface area contributed by atoms with E-state index >= 15 is 0 Å². The molecule has 7 heteroatoms. The first-order chi connectivity index (χ1) is 11.1. The molecule has 0 aliphatic rings. The van der Waals surface area contributed by atoms with Gasteiger partial charge in [-0.3, -0.25) is 4.79 Å². The molecule has 0 aliphatic heterocycles. The number of carbonyl (C=O) groups excluding carboxylic acids is 1. The molecule has 0 unspecified atom stereocenters. The normalized spacial score (nSPS) is 10.5. The molecule has 0 atom stereocenters. The van der Waals surface area contributed by atoms with Crippen LogP contribution in [0.25, 0.3) is 5.69 Å². The molecule has 3 rings (SSSR count). The second-order valence-corrected chi connectivity index (χ2v) is 5.30. The van der Waals surface area contributed by atoms with Crippen molar-refractivity contribution in [2.24, 2.45) is 0 Å². The number of rotatable bonds is 3. The van der Waals surface area contributed by atoms with Crippen LogP contribution in [0.3, 0.4) is 0 Å². The lowest BCUT2D eigenvalue weighted by Crippen LogP contribution is -2.14. The number of aromatic nitrogens is 3. The van der Waals surface area contributed by atoms with Gasteiger partial charge in [-0.25, -0.2) is 9.67 Å². The Balaban J connectivity index is 1.90. The van der Waals surface area contributed by atoms with E-state index in [1.54, 1.807) is 29.8 Å². The van der Waals surface area contributed by atoms with Gasteiger partial charge in [-0.2, -0.15) is 5.10 Å². The Labute approximate surface area is 137 Å². The maximum absolute atomic E-state index is 12.4. The average molecular weight is 329 g/mol. The zero-order valence-corrected chi connectivity index (χ0v) is 12.9. The van der Waals surface area contributed by atoms with Crippen molar-refractivity contribution in [3.8, 4) is 11.4 Å². The molecule has 0 aliphatic carbocycles. The Hall–Kier alpha value is -2.86. The van der Waals surface area contributed by atoms with Crippen molar-refractivity contribution in [3.05, 3.63) is 65.1 Å². The summed E-state index contributed by atoms with van der Waals surface area (Å²) in [7, 11) is 0. The Morgan fingerprint density at radius 2 is 2.13 bits per heavy atom. The van der Waals surface area contributed by atoms with Crippen LogP contribution in [0.1, 0.15) is 16.1 Å². The largest absolute Gasteiger partial charge is 0.504 e. The van der Waals surface area contributed by atoms with Crippen molar-refractivity contribution in [2.75, 3.05) is 5.32 Å². The van der Waals surface area contributed by atoms with E-state index in [4.69, 9.17) is 11.6 Å². The number of halogens is 1. The van der Waals surface area contributed by atoms with Gasteiger partial charge in [0.1, 0.15) is 0 Å². The summed E-state index contributed by atoms with van der Waals surface area (Å²) in [4.78, 5) is 16.3. The van der Waals surface area contributed by atoms with Gasteiger partial charge >= 0.3 is 0 Å². The molecule has 0 bridgehead atoms. The Morgan fingerprint density at radius 3 is 2.87 bits per heavy atom. The number of nitrogens with zero attached hydrogens (tertiary/aromatic N) is 3. The van der Waals surface area contributed by atoms with Crippen LogP contribution in [0, 0.1) is 6.92 Å². The summed E-state index contributed by atoms with van der Waals surface area (Å²) in [5, 5.41) is 17.1. The van der Waals surface area contributed by atoms with E-state index in [0.717, 1.165) is 5.69 Å². The third-order valence-electron chi connectivity index (χ3n) is 3.33. The Bertz CT molecular complexity index is 876. The summed E-state index contributed by atoms with van der Waals surface area (Å²) in [6, 6.07) is 10.2. The van der Waals surface area contributed by atoms with Crippen LogP contribution in [0.2, 0.25) is 5.02 Å². The second kappa shape index (κ2) is 6.10. The monoisotopic (exact) mass is 328 g/mol. The number of amides is 1. The molecule has 6 nitrogen and oxygen atoms in total. The summed E-state index contributed by atoms with van der Waals surface area (Å²) in [5.74, 6) is -0.391. The van der Waals surface area contributed by atoms with Gasteiger partial charge in [0.15, 0.2) is 11.6 Å². The molecule has 2 heterocycles. The fourth-order valence-electron chi connectivity index (χ4n) is 2.17. The Morgan fingerprint density at radius 1 is 1.30 bits per heavy atom. The molecule has 1 aromatic carbocycles. The van der Waals surface area contributed by atoms with Crippen LogP contribution >= 0.6 is 11.6 Å². The van der Waals surface area contributed by atoms with Gasteiger partial charge in [0.25, 0.3) is 5.91 Å². The average Bonchev–Trinajstić information content (AvgIpc) is 2.91. The number of carbonyl (C=O) groups is 1. The smallest absolute Gasteiger partial charge is 0.260 e. The minimum absolute atomic E-state index is 0.0965. The van der Waals surface area contributed by atoms with E-state index in [0.29, 0.717) is 16.3 Å². The fraction of sp³-hybridized carbons (Fsp3) is 0.0625. The van der Waals surface area contributed by atoms with Gasteiger partial charge in [-0.05, 0) is 37.3 Å². The van der Waals surface area contributed by atoms with Gasteiger partial charge in [0, 0.05) is 11.2 Å². The number of hydrogen-bond acceptors (Lipinski definition) is 4. The SMILES string of the molecule is Cc1c(C(=O)Nc2ncccc2O)cnn1-c1cccc(Cl)c1. The van der Waals surface area contributed by atoms with Gasteiger partial charge in [-0.1, -0.05) is 17.7 Å². The fourth-order valence-corrected chi connectivity index (χ4v) is 2.35. The topological polar surface area (TPSA) is 80.0 Å². The summed E-state index contributed by atoms with van der Waals surface area (Å²) >= 11 is 5.98. The number of anilines is 1. The van der Waals surface area contributed by atoms with Crippen LogP contribution in [0.15, 0.2) is 48.8 Å². The van der Waals surface area contributed by atoms with Crippen molar-refractivity contribution < 1.29 is 9.90 Å². The standard InChI is InChI=1S/C16H13ClN4O2/c1-10-13(16(23)20-15-14(22)6-3-7-18-15)9-19-21(10)12-5-2-4-11(17)8-12/h2-9,22H,1H3,(H,18,20,23). The van der Waals surface area contributed by atoms with E-state index in [-0.39, 0.29) is 11.6 Å². The van der Waals surface area contributed by atoms with Crippen LogP contribution in [-0.2, 0) is 0 Å². The summed E-state index contributed by atoms with van der Waals surface area (Å²) in [6.07, 6.45) is 2.95. The van der Waals surface area contributed by atoms with Crippen molar-refractivity contribution in [1.29, 1.82) is 0 Å². The molecular weight excluding hydrogens is 316 g/mol. The van der Waals surface area contributed by atoms with E-state index in [1.165, 1.54) is 18.5 Å². The highest BCUT2D eigenvalue weighted by Crippen LogP contribution is 2.21. The third-order valence-corrected chi connectivity index (χ3v) is 3.56. The first-order valence-corrected chi connectivity index (χ1v) is 7.20. The maximum atomic E-state index is 12.4. The van der Waals surface area contributed by atoms with Crippen LogP contribution in [-0.4, -0.2) is 25.8 Å². The van der Waals surface area contributed by atoms with Gasteiger partial charge in [-0.15, -0.1) is 0 Å². The van der Waals surface area contributed by atoms with Crippen molar-refractivity contribution in [2.45, 2.75) is 6.92 Å². The summed E-state index contributed by atoms with van der Waals surface area (Å²) in [5.41, 5.74) is 1.80. The number of nitrogens with one attached hydrogen (secondary N) is 1. The van der Waals surface area contributed by atoms with Gasteiger partial charge in [0.05, 0.1) is 23.1 Å². The van der Waals surface area contributed by atoms with Gasteiger partial charge < -0.3 is 10.4 Å². The summed E-state index contributed by atoms with van der Waals surface area (Å²) < 4.78 is 1.62. The number of benzene rings is 1. The molecule has 0 spiro atoms. The lowest BCUT2D eigenvalue weighted by molar-refractivity contribution is 0.102. The summed E-state index contributed by atoms with van der Waals surface area (Å²) in [6.45, 7) is 1.78. The van der Waals surface area contributed by atoms with Crippen molar-refractivity contribution in [1.82, 2.24) is 14.8 Å². The van der Waals surface area contributed by atoms with E-state index in [9.17, 15) is 9.90 Å². The van der Waals surface area contributed by atoms with Crippen LogP contribution in [0.5, 0.6) is 5.75 Å². The molecule has 2 aromatic heterocycles. The highest BCUT2D eigenvalue weighted by molar-refractivity contribution is 6.30. The minimum Gasteiger partial charge on any atom is -0.504 e. The van der Waals surface area contributed by atoms with Crippen LogP contribution < -0.4 is 5.32 Å². The molecule has 1 amide bonds. The number of hydrogen-bond donors (Lipinski definition) is 2. The predicted molar refractivity (Wildman–Crippen MR) is 87.2 cm³/mol. The van der Waals surface area contributed by atoms with Crippen LogP contribution in [0.4, 0.5) is 5.82 Å². The van der Waals surface area contributed by atoms with E-state index < -0.39 is 5.91 Å². The maximum Gasteiger partial charge on any atom is 0.260 e. The van der Waals surface area contributed by atoms with Gasteiger partial charge in [0.2, 0.25) is 0 Å². The third kappa shape index (κ3) is 3.02. The number of pyridine rings is 1. The number of aromatic hydroxyl groups is 1. The molecular formula is C16H13ClN4O2. The highest BCUT2D eigenvalue weighted by atomic mass is 35.5. The molecule has 0 saturated carbocycles. The quantitative estimate of drug-likeness (QED) is 0.773. The first-order valence-electron chi connectivity index (χ1n) is 6.82. The lowest BCUT2D eigenvalue weighted by atomic mass is 10.2.